The van der Waals surface area contributed by atoms with Gasteiger partial charge in [-0.05, 0) is 43.7 Å². The highest BCUT2D eigenvalue weighted by Crippen LogP contribution is 2.17. The van der Waals surface area contributed by atoms with Crippen LogP contribution in [0.3, 0.4) is 0 Å². The van der Waals surface area contributed by atoms with E-state index in [1.54, 1.807) is 30.7 Å². The van der Waals surface area contributed by atoms with Crippen molar-refractivity contribution < 1.29 is 9.53 Å². The predicted octanol–water partition coefficient (Wildman–Crippen LogP) is 2.37. The topological polar surface area (TPSA) is 64.1 Å². The molecule has 2 rings (SSSR count). The Morgan fingerprint density at radius 2 is 2.05 bits per heavy atom. The second-order valence-electron chi connectivity index (χ2n) is 4.26. The molecule has 0 aliphatic carbocycles. The van der Waals surface area contributed by atoms with Gasteiger partial charge < -0.3 is 10.1 Å². The minimum atomic E-state index is -0.203. The summed E-state index contributed by atoms with van der Waals surface area (Å²) in [7, 11) is 0. The first-order valence-electron chi connectivity index (χ1n) is 6.51. The Morgan fingerprint density at radius 3 is 2.75 bits per heavy atom. The van der Waals surface area contributed by atoms with Crippen molar-refractivity contribution >= 4 is 5.91 Å². The van der Waals surface area contributed by atoms with Gasteiger partial charge in [0.05, 0.1) is 12.6 Å². The number of hydrogen-bond donors (Lipinski definition) is 1. The fraction of sp³-hybridized carbons (Fsp3) is 0.267. The molecular formula is C15H17N3O2. The molecular weight excluding hydrogens is 254 g/mol. The summed E-state index contributed by atoms with van der Waals surface area (Å²) in [5.74, 6) is 0.153. The van der Waals surface area contributed by atoms with Crippen LogP contribution >= 0.6 is 0 Å². The van der Waals surface area contributed by atoms with Crippen LogP contribution in [0.1, 0.15) is 35.8 Å². The molecule has 2 aromatic heterocycles. The van der Waals surface area contributed by atoms with Crippen LogP contribution in [0.25, 0.3) is 0 Å². The molecule has 2 aromatic rings. The molecule has 1 N–H and O–H groups in total. The van der Waals surface area contributed by atoms with Gasteiger partial charge in [0, 0.05) is 18.6 Å². The standard InChI is InChI=1S/C15H17N3O2/c1-3-20-15-13(5-4-8-17-15)14(19)18-11(2)12-6-9-16-10-7-12/h4-11H,3H2,1-2H3,(H,18,19). The Hall–Kier alpha value is -2.43. The maximum absolute atomic E-state index is 12.3. The highest BCUT2D eigenvalue weighted by Gasteiger charge is 2.16. The Balaban J connectivity index is 2.12. The third kappa shape index (κ3) is 3.32. The lowest BCUT2D eigenvalue weighted by Gasteiger charge is -2.15. The van der Waals surface area contributed by atoms with Crippen molar-refractivity contribution in [1.29, 1.82) is 0 Å². The third-order valence-corrected chi connectivity index (χ3v) is 2.85. The Kier molecular flexibility index (Phi) is 4.65. The summed E-state index contributed by atoms with van der Waals surface area (Å²) in [6.07, 6.45) is 5.01. The molecule has 0 saturated carbocycles. The van der Waals surface area contributed by atoms with Gasteiger partial charge in [-0.2, -0.15) is 0 Å². The van der Waals surface area contributed by atoms with Gasteiger partial charge in [-0.3, -0.25) is 9.78 Å². The van der Waals surface area contributed by atoms with Crippen LogP contribution in [0, 0.1) is 0 Å². The minimum Gasteiger partial charge on any atom is -0.477 e. The van der Waals surface area contributed by atoms with Gasteiger partial charge in [-0.15, -0.1) is 0 Å². The van der Waals surface area contributed by atoms with E-state index >= 15 is 0 Å². The van der Waals surface area contributed by atoms with Crippen molar-refractivity contribution in [1.82, 2.24) is 15.3 Å². The molecule has 0 fully saturated rings. The summed E-state index contributed by atoms with van der Waals surface area (Å²) in [5, 5.41) is 2.92. The molecule has 0 radical (unpaired) electrons. The van der Waals surface area contributed by atoms with Crippen LogP contribution < -0.4 is 10.1 Å². The number of nitrogens with one attached hydrogen (secondary N) is 1. The number of aromatic nitrogens is 2. The molecule has 0 spiro atoms. The summed E-state index contributed by atoms with van der Waals surface area (Å²) in [5.41, 5.74) is 1.44. The van der Waals surface area contributed by atoms with E-state index in [1.807, 2.05) is 26.0 Å². The van der Waals surface area contributed by atoms with Crippen LogP contribution in [0.2, 0.25) is 0 Å². The van der Waals surface area contributed by atoms with Gasteiger partial charge in [0.1, 0.15) is 5.56 Å². The van der Waals surface area contributed by atoms with E-state index in [4.69, 9.17) is 4.74 Å². The zero-order valence-electron chi connectivity index (χ0n) is 11.5. The fourth-order valence-electron chi connectivity index (χ4n) is 1.83. The van der Waals surface area contributed by atoms with E-state index in [-0.39, 0.29) is 11.9 Å². The van der Waals surface area contributed by atoms with Crippen molar-refractivity contribution in [2.45, 2.75) is 19.9 Å². The summed E-state index contributed by atoms with van der Waals surface area (Å²) >= 11 is 0. The summed E-state index contributed by atoms with van der Waals surface area (Å²) in [6, 6.07) is 7.05. The van der Waals surface area contributed by atoms with Gasteiger partial charge in [0.25, 0.3) is 5.91 Å². The van der Waals surface area contributed by atoms with Crippen LogP contribution in [-0.2, 0) is 0 Å². The molecule has 0 saturated heterocycles. The number of carbonyl (C=O) groups is 1. The molecule has 2 heterocycles. The molecule has 1 unspecified atom stereocenters. The molecule has 1 amide bonds. The van der Waals surface area contributed by atoms with Gasteiger partial charge >= 0.3 is 0 Å². The van der Waals surface area contributed by atoms with Gasteiger partial charge in [0.2, 0.25) is 5.88 Å². The zero-order valence-corrected chi connectivity index (χ0v) is 11.5. The molecule has 0 aliphatic heterocycles. The molecule has 0 aromatic carbocycles. The first-order chi connectivity index (χ1) is 9.72. The van der Waals surface area contributed by atoms with Crippen LogP contribution in [0.5, 0.6) is 5.88 Å². The second-order valence-corrected chi connectivity index (χ2v) is 4.26. The number of ether oxygens (including phenoxy) is 1. The Bertz CT molecular complexity index is 572. The Labute approximate surface area is 118 Å². The average molecular weight is 271 g/mol. The van der Waals surface area contributed by atoms with E-state index in [9.17, 15) is 4.79 Å². The predicted molar refractivity (Wildman–Crippen MR) is 75.5 cm³/mol. The van der Waals surface area contributed by atoms with E-state index in [0.29, 0.717) is 18.1 Å². The van der Waals surface area contributed by atoms with Crippen molar-refractivity contribution in [3.8, 4) is 5.88 Å². The van der Waals surface area contributed by atoms with Crippen molar-refractivity contribution in [2.24, 2.45) is 0 Å². The molecule has 5 heteroatoms. The van der Waals surface area contributed by atoms with Crippen molar-refractivity contribution in [3.63, 3.8) is 0 Å². The van der Waals surface area contributed by atoms with E-state index in [1.165, 1.54) is 0 Å². The number of rotatable bonds is 5. The van der Waals surface area contributed by atoms with Crippen LogP contribution in [-0.4, -0.2) is 22.5 Å². The van der Waals surface area contributed by atoms with Gasteiger partial charge in [-0.1, -0.05) is 0 Å². The number of pyridine rings is 2. The largest absolute Gasteiger partial charge is 0.477 e. The smallest absolute Gasteiger partial charge is 0.257 e. The lowest BCUT2D eigenvalue weighted by atomic mass is 10.1. The minimum absolute atomic E-state index is 0.111. The van der Waals surface area contributed by atoms with Crippen LogP contribution in [0.4, 0.5) is 0 Å². The van der Waals surface area contributed by atoms with Crippen molar-refractivity contribution in [3.05, 3.63) is 54.0 Å². The van der Waals surface area contributed by atoms with E-state index in [2.05, 4.69) is 15.3 Å². The third-order valence-electron chi connectivity index (χ3n) is 2.85. The number of nitrogens with zero attached hydrogens (tertiary/aromatic N) is 2. The monoisotopic (exact) mass is 271 g/mol. The summed E-state index contributed by atoms with van der Waals surface area (Å²) in [6.45, 7) is 4.25. The highest BCUT2D eigenvalue weighted by molar-refractivity contribution is 5.96. The van der Waals surface area contributed by atoms with E-state index < -0.39 is 0 Å². The van der Waals surface area contributed by atoms with Gasteiger partial charge in [-0.25, -0.2) is 4.98 Å². The maximum Gasteiger partial charge on any atom is 0.257 e. The first-order valence-corrected chi connectivity index (χ1v) is 6.51. The average Bonchev–Trinajstić information content (AvgIpc) is 2.49. The molecule has 104 valence electrons. The molecule has 20 heavy (non-hydrogen) atoms. The number of carbonyl (C=O) groups excluding carboxylic acids is 1. The molecule has 1 atom stereocenters. The molecule has 0 aliphatic rings. The normalized spacial score (nSPS) is 11.7. The van der Waals surface area contributed by atoms with E-state index in [0.717, 1.165) is 5.56 Å². The number of hydrogen-bond acceptors (Lipinski definition) is 4. The summed E-state index contributed by atoms with van der Waals surface area (Å²) < 4.78 is 5.36. The zero-order chi connectivity index (χ0) is 14.4. The SMILES string of the molecule is CCOc1ncccc1C(=O)NC(C)c1ccncc1. The van der Waals surface area contributed by atoms with Gasteiger partial charge in [0.15, 0.2) is 0 Å². The summed E-state index contributed by atoms with van der Waals surface area (Å²) in [4.78, 5) is 20.3. The highest BCUT2D eigenvalue weighted by atomic mass is 16.5. The Morgan fingerprint density at radius 1 is 1.30 bits per heavy atom. The molecule has 5 nitrogen and oxygen atoms in total. The quantitative estimate of drug-likeness (QED) is 0.906. The lowest BCUT2D eigenvalue weighted by molar-refractivity contribution is 0.0935. The van der Waals surface area contributed by atoms with Crippen LogP contribution in [0.15, 0.2) is 42.9 Å². The number of amides is 1. The maximum atomic E-state index is 12.3. The van der Waals surface area contributed by atoms with Crippen molar-refractivity contribution in [2.75, 3.05) is 6.61 Å². The second kappa shape index (κ2) is 6.65. The molecule has 0 bridgehead atoms. The lowest BCUT2D eigenvalue weighted by Crippen LogP contribution is -2.27. The fourth-order valence-corrected chi connectivity index (χ4v) is 1.83. The first kappa shape index (κ1) is 14.0.